The van der Waals surface area contributed by atoms with Crippen LogP contribution in [0.5, 0.6) is 0 Å². The highest BCUT2D eigenvalue weighted by Crippen LogP contribution is 2.07. The number of benzene rings is 1. The van der Waals surface area contributed by atoms with Crippen LogP contribution in [0.4, 0.5) is 0 Å². The number of hydrogen-bond donors (Lipinski definition) is 2. The van der Waals surface area contributed by atoms with E-state index in [-0.39, 0.29) is 36.4 Å². The van der Waals surface area contributed by atoms with E-state index in [1.165, 1.54) is 5.56 Å². The summed E-state index contributed by atoms with van der Waals surface area (Å²) in [5.41, 5.74) is 1.35. The first kappa shape index (κ1) is 20.7. The molecule has 1 saturated heterocycles. The summed E-state index contributed by atoms with van der Waals surface area (Å²) in [4.78, 5) is 18.3. The van der Waals surface area contributed by atoms with Gasteiger partial charge in [0.1, 0.15) is 6.54 Å². The number of amides is 1. The van der Waals surface area contributed by atoms with Gasteiger partial charge in [-0.15, -0.1) is 24.0 Å². The first-order chi connectivity index (χ1) is 11.3. The van der Waals surface area contributed by atoms with Crippen molar-refractivity contribution < 1.29 is 4.79 Å². The van der Waals surface area contributed by atoms with E-state index < -0.39 is 0 Å². The van der Waals surface area contributed by atoms with Crippen LogP contribution in [0, 0.1) is 0 Å². The van der Waals surface area contributed by atoms with Crippen molar-refractivity contribution in [3.8, 4) is 0 Å². The third kappa shape index (κ3) is 7.51. The van der Waals surface area contributed by atoms with E-state index in [1.54, 1.807) is 0 Å². The van der Waals surface area contributed by atoms with Crippen LogP contribution in [0.15, 0.2) is 35.3 Å². The van der Waals surface area contributed by atoms with Gasteiger partial charge >= 0.3 is 0 Å². The summed E-state index contributed by atoms with van der Waals surface area (Å²) in [5, 5.41) is 6.50. The molecule has 0 bridgehead atoms. The SMILES string of the molecule is CCNC(=NCC(=O)N1CCCC1)NCCCc1ccccc1.I. The van der Waals surface area contributed by atoms with Crippen molar-refractivity contribution in [3.63, 3.8) is 0 Å². The Morgan fingerprint density at radius 2 is 1.88 bits per heavy atom. The number of halogens is 1. The first-order valence-electron chi connectivity index (χ1n) is 8.63. The zero-order valence-electron chi connectivity index (χ0n) is 14.5. The van der Waals surface area contributed by atoms with Gasteiger partial charge in [0.25, 0.3) is 0 Å². The molecular formula is C18H29IN4O. The van der Waals surface area contributed by atoms with Crippen molar-refractivity contribution in [3.05, 3.63) is 35.9 Å². The molecule has 24 heavy (non-hydrogen) atoms. The maximum Gasteiger partial charge on any atom is 0.244 e. The van der Waals surface area contributed by atoms with Crippen LogP contribution in [-0.4, -0.2) is 49.5 Å². The number of carbonyl (C=O) groups is 1. The summed E-state index contributed by atoms with van der Waals surface area (Å²) in [6.45, 7) is 5.67. The Labute approximate surface area is 162 Å². The van der Waals surface area contributed by atoms with Crippen molar-refractivity contribution in [1.82, 2.24) is 15.5 Å². The normalized spacial score (nSPS) is 14.2. The minimum atomic E-state index is 0. The van der Waals surface area contributed by atoms with E-state index in [4.69, 9.17) is 0 Å². The molecule has 1 aliphatic rings. The Kier molecular flexibility index (Phi) is 10.5. The van der Waals surface area contributed by atoms with E-state index >= 15 is 0 Å². The number of hydrogen-bond acceptors (Lipinski definition) is 2. The minimum Gasteiger partial charge on any atom is -0.357 e. The average molecular weight is 444 g/mol. The van der Waals surface area contributed by atoms with Gasteiger partial charge in [-0.25, -0.2) is 4.99 Å². The number of rotatable bonds is 7. The Morgan fingerprint density at radius 1 is 1.17 bits per heavy atom. The number of guanidine groups is 1. The molecule has 0 saturated carbocycles. The molecule has 1 fully saturated rings. The van der Waals surface area contributed by atoms with Gasteiger partial charge in [-0.3, -0.25) is 4.79 Å². The summed E-state index contributed by atoms with van der Waals surface area (Å²) in [6, 6.07) is 10.5. The predicted molar refractivity (Wildman–Crippen MR) is 110 cm³/mol. The maximum atomic E-state index is 12.0. The minimum absolute atomic E-state index is 0. The van der Waals surface area contributed by atoms with Crippen LogP contribution in [0.25, 0.3) is 0 Å². The number of nitrogens with zero attached hydrogens (tertiary/aromatic N) is 2. The summed E-state index contributed by atoms with van der Waals surface area (Å²) in [7, 11) is 0. The van der Waals surface area contributed by atoms with Crippen molar-refractivity contribution in [2.45, 2.75) is 32.6 Å². The van der Waals surface area contributed by atoms with Crippen LogP contribution in [-0.2, 0) is 11.2 Å². The van der Waals surface area contributed by atoms with Crippen LogP contribution < -0.4 is 10.6 Å². The predicted octanol–water partition coefficient (Wildman–Crippen LogP) is 2.41. The average Bonchev–Trinajstić information content (AvgIpc) is 3.11. The van der Waals surface area contributed by atoms with Crippen LogP contribution >= 0.6 is 24.0 Å². The second kappa shape index (κ2) is 12.1. The molecule has 2 N–H and O–H groups in total. The lowest BCUT2D eigenvalue weighted by atomic mass is 10.1. The zero-order chi connectivity index (χ0) is 16.3. The molecule has 2 rings (SSSR count). The highest BCUT2D eigenvalue weighted by molar-refractivity contribution is 14.0. The number of aliphatic imine (C=N–C) groups is 1. The molecule has 0 aromatic heterocycles. The monoisotopic (exact) mass is 444 g/mol. The molecule has 6 heteroatoms. The van der Waals surface area contributed by atoms with E-state index in [0.717, 1.165) is 57.8 Å². The molecule has 1 aliphatic heterocycles. The highest BCUT2D eigenvalue weighted by Gasteiger charge is 2.17. The van der Waals surface area contributed by atoms with Gasteiger partial charge in [0.05, 0.1) is 0 Å². The van der Waals surface area contributed by atoms with E-state index in [2.05, 4.69) is 39.9 Å². The molecule has 0 radical (unpaired) electrons. The van der Waals surface area contributed by atoms with E-state index in [9.17, 15) is 4.79 Å². The number of likely N-dealkylation sites (tertiary alicyclic amines) is 1. The molecule has 0 atom stereocenters. The summed E-state index contributed by atoms with van der Waals surface area (Å²) in [5.74, 6) is 0.858. The fourth-order valence-electron chi connectivity index (χ4n) is 2.70. The Morgan fingerprint density at radius 3 is 2.54 bits per heavy atom. The quantitative estimate of drug-likeness (QED) is 0.294. The van der Waals surface area contributed by atoms with Gasteiger partial charge in [0, 0.05) is 26.2 Å². The largest absolute Gasteiger partial charge is 0.357 e. The fourth-order valence-corrected chi connectivity index (χ4v) is 2.70. The summed E-state index contributed by atoms with van der Waals surface area (Å²) in [6.07, 6.45) is 4.31. The molecule has 0 unspecified atom stereocenters. The molecule has 0 spiro atoms. The highest BCUT2D eigenvalue weighted by atomic mass is 127. The lowest BCUT2D eigenvalue weighted by molar-refractivity contribution is -0.128. The molecule has 5 nitrogen and oxygen atoms in total. The second-order valence-electron chi connectivity index (χ2n) is 5.80. The molecule has 1 aromatic rings. The molecule has 1 aromatic carbocycles. The van der Waals surface area contributed by atoms with Crippen molar-refractivity contribution in [1.29, 1.82) is 0 Å². The molecular weight excluding hydrogens is 415 g/mol. The molecule has 0 aliphatic carbocycles. The van der Waals surface area contributed by atoms with Crippen LogP contribution in [0.2, 0.25) is 0 Å². The van der Waals surface area contributed by atoms with Gasteiger partial charge in [-0.2, -0.15) is 0 Å². The standard InChI is InChI=1S/C18H28N4O.HI/c1-2-19-18(21-15-17(23)22-13-6-7-14-22)20-12-8-11-16-9-4-3-5-10-16;/h3-5,9-10H,2,6-8,11-15H2,1H3,(H2,19,20,21);1H. The third-order valence-electron chi connectivity index (χ3n) is 3.95. The smallest absolute Gasteiger partial charge is 0.244 e. The topological polar surface area (TPSA) is 56.7 Å². The number of aryl methyl sites for hydroxylation is 1. The molecule has 1 amide bonds. The van der Waals surface area contributed by atoms with Crippen molar-refractivity contribution >= 4 is 35.8 Å². The zero-order valence-corrected chi connectivity index (χ0v) is 16.8. The molecule has 1 heterocycles. The Bertz CT molecular complexity index is 501. The molecule has 134 valence electrons. The van der Waals surface area contributed by atoms with Gasteiger partial charge < -0.3 is 15.5 Å². The second-order valence-corrected chi connectivity index (χ2v) is 5.80. The number of carbonyl (C=O) groups excluding carboxylic acids is 1. The van der Waals surface area contributed by atoms with Gasteiger partial charge in [0.2, 0.25) is 5.91 Å². The van der Waals surface area contributed by atoms with E-state index in [1.807, 2.05) is 17.9 Å². The van der Waals surface area contributed by atoms with Gasteiger partial charge in [-0.05, 0) is 38.2 Å². The van der Waals surface area contributed by atoms with Crippen LogP contribution in [0.3, 0.4) is 0 Å². The fraction of sp³-hybridized carbons (Fsp3) is 0.556. The van der Waals surface area contributed by atoms with Gasteiger partial charge in [0.15, 0.2) is 5.96 Å². The summed E-state index contributed by atoms with van der Waals surface area (Å²) < 4.78 is 0. The van der Waals surface area contributed by atoms with Gasteiger partial charge in [-0.1, -0.05) is 30.3 Å². The summed E-state index contributed by atoms with van der Waals surface area (Å²) >= 11 is 0. The lowest BCUT2D eigenvalue weighted by Gasteiger charge is -2.15. The maximum absolute atomic E-state index is 12.0. The van der Waals surface area contributed by atoms with Crippen LogP contribution in [0.1, 0.15) is 31.7 Å². The van der Waals surface area contributed by atoms with E-state index in [0.29, 0.717) is 0 Å². The van der Waals surface area contributed by atoms with Crippen molar-refractivity contribution in [2.24, 2.45) is 4.99 Å². The Balaban J connectivity index is 0.00000288. The Hall–Kier alpha value is -1.31. The number of nitrogens with one attached hydrogen (secondary N) is 2. The first-order valence-corrected chi connectivity index (χ1v) is 8.63. The van der Waals surface area contributed by atoms with Crippen molar-refractivity contribution in [2.75, 3.05) is 32.7 Å². The lowest BCUT2D eigenvalue weighted by Crippen LogP contribution is -2.39. The third-order valence-corrected chi connectivity index (χ3v) is 3.95.